The van der Waals surface area contributed by atoms with E-state index >= 15 is 0 Å². The van der Waals surface area contributed by atoms with Crippen LogP contribution in [0.5, 0.6) is 0 Å². The van der Waals surface area contributed by atoms with Gasteiger partial charge in [-0.05, 0) is 18.2 Å². The van der Waals surface area contributed by atoms with Gasteiger partial charge in [0.05, 0.1) is 7.11 Å². The van der Waals surface area contributed by atoms with Gasteiger partial charge in [0.2, 0.25) is 0 Å². The predicted octanol–water partition coefficient (Wildman–Crippen LogP) is 1.46. The second-order valence-corrected chi connectivity index (χ2v) is 5.65. The van der Waals surface area contributed by atoms with Crippen LogP contribution in [0.15, 0.2) is 24.3 Å². The molecule has 0 heterocycles. The van der Waals surface area contributed by atoms with Crippen LogP contribution in [0.3, 0.4) is 0 Å². The van der Waals surface area contributed by atoms with Gasteiger partial charge in [0.15, 0.2) is 0 Å². The Kier molecular flexibility index (Phi) is 6.07. The Morgan fingerprint density at radius 2 is 2.11 bits per heavy atom. The summed E-state index contributed by atoms with van der Waals surface area (Å²) in [5.74, 6) is -0.544. The number of methoxy groups -OCH3 is 1. The third kappa shape index (κ3) is 4.70. The summed E-state index contributed by atoms with van der Waals surface area (Å²) in [4.78, 5) is 25.1. The lowest BCUT2D eigenvalue weighted by Crippen LogP contribution is -2.33. The molecule has 5 nitrogen and oxygen atoms in total. The van der Waals surface area contributed by atoms with Crippen LogP contribution in [-0.4, -0.2) is 43.6 Å². The molecule has 1 rings (SSSR count). The Morgan fingerprint density at radius 3 is 2.68 bits per heavy atom. The van der Waals surface area contributed by atoms with Crippen LogP contribution in [0.2, 0.25) is 0 Å². The summed E-state index contributed by atoms with van der Waals surface area (Å²) in [6.07, 6.45) is 0. The van der Waals surface area contributed by atoms with Gasteiger partial charge in [0, 0.05) is 31.9 Å². The Balaban J connectivity index is 2.63. The highest BCUT2D eigenvalue weighted by molar-refractivity contribution is 14.1. The number of nitrogens with zero attached hydrogens (tertiary/aromatic N) is 1. The zero-order chi connectivity index (χ0) is 14.4. The van der Waals surface area contributed by atoms with E-state index in [0.717, 1.165) is 5.69 Å². The van der Waals surface area contributed by atoms with Gasteiger partial charge >= 0.3 is 5.97 Å². The van der Waals surface area contributed by atoms with Crippen LogP contribution in [0, 0.1) is 0 Å². The molecule has 0 aliphatic rings. The maximum atomic E-state index is 11.9. The first kappa shape index (κ1) is 15.7. The topological polar surface area (TPSA) is 58.6 Å². The lowest BCUT2D eigenvalue weighted by atomic mass is 10.2. The van der Waals surface area contributed by atoms with Crippen molar-refractivity contribution < 1.29 is 14.3 Å². The number of carbonyl (C=O) groups excluding carboxylic acids is 2. The average Bonchev–Trinajstić information content (AvgIpc) is 2.43. The van der Waals surface area contributed by atoms with E-state index < -0.39 is 0 Å². The number of rotatable bonds is 5. The normalized spacial score (nSPS) is 11.6. The zero-order valence-electron chi connectivity index (χ0n) is 11.1. The van der Waals surface area contributed by atoms with Crippen LogP contribution >= 0.6 is 22.6 Å². The minimum absolute atomic E-state index is 0.200. The van der Waals surface area contributed by atoms with E-state index in [9.17, 15) is 9.59 Å². The molecule has 0 saturated carbocycles. The zero-order valence-corrected chi connectivity index (χ0v) is 13.3. The highest BCUT2D eigenvalue weighted by atomic mass is 127. The molecule has 1 N–H and O–H groups in total. The number of benzene rings is 1. The van der Waals surface area contributed by atoms with Crippen molar-refractivity contribution in [1.82, 2.24) is 5.32 Å². The molecule has 0 fully saturated rings. The van der Waals surface area contributed by atoms with Gasteiger partial charge in [0.1, 0.15) is 3.92 Å². The fourth-order valence-electron chi connectivity index (χ4n) is 1.42. The molecular weight excluding hydrogens is 359 g/mol. The number of halogens is 1. The van der Waals surface area contributed by atoms with Gasteiger partial charge in [-0.1, -0.05) is 28.7 Å². The molecule has 1 unspecified atom stereocenters. The molecule has 1 amide bonds. The molecule has 0 saturated heterocycles. The van der Waals surface area contributed by atoms with Crippen LogP contribution in [0.1, 0.15) is 10.4 Å². The van der Waals surface area contributed by atoms with Crippen LogP contribution in [-0.2, 0) is 9.53 Å². The van der Waals surface area contributed by atoms with E-state index in [1.54, 1.807) is 12.1 Å². The molecule has 1 aromatic carbocycles. The highest BCUT2D eigenvalue weighted by Gasteiger charge is 2.16. The molecule has 1 atom stereocenters. The van der Waals surface area contributed by atoms with Gasteiger partial charge in [-0.15, -0.1) is 0 Å². The fourth-order valence-corrected chi connectivity index (χ4v) is 1.90. The fraction of sp³-hybridized carbons (Fsp3) is 0.385. The van der Waals surface area contributed by atoms with E-state index in [2.05, 4.69) is 10.1 Å². The van der Waals surface area contributed by atoms with Crippen molar-refractivity contribution in [3.05, 3.63) is 29.8 Å². The molecule has 6 heteroatoms. The Bertz CT molecular complexity index is 463. The summed E-state index contributed by atoms with van der Waals surface area (Å²) in [6, 6.07) is 7.29. The number of esters is 1. The van der Waals surface area contributed by atoms with E-state index in [0.29, 0.717) is 5.56 Å². The monoisotopic (exact) mass is 376 g/mol. The summed E-state index contributed by atoms with van der Waals surface area (Å²) in [5.41, 5.74) is 1.52. The van der Waals surface area contributed by atoms with Crippen molar-refractivity contribution in [3.63, 3.8) is 0 Å². The van der Waals surface area contributed by atoms with Crippen molar-refractivity contribution in [1.29, 1.82) is 0 Å². The number of hydrogen-bond acceptors (Lipinski definition) is 4. The molecule has 0 aromatic heterocycles. The van der Waals surface area contributed by atoms with E-state index in [4.69, 9.17) is 0 Å². The maximum absolute atomic E-state index is 11.9. The highest BCUT2D eigenvalue weighted by Crippen LogP contribution is 2.13. The quantitative estimate of drug-likeness (QED) is 0.480. The molecule has 0 radical (unpaired) electrons. The number of hydrogen-bond donors (Lipinski definition) is 1. The molecule has 0 aliphatic heterocycles. The lowest BCUT2D eigenvalue weighted by Gasteiger charge is -2.14. The van der Waals surface area contributed by atoms with Gasteiger partial charge in [-0.2, -0.15) is 0 Å². The van der Waals surface area contributed by atoms with Gasteiger partial charge in [-0.3, -0.25) is 9.59 Å². The SMILES string of the molecule is COC(=O)C(I)CNC(=O)c1cccc(N(C)C)c1. The minimum atomic E-state index is -0.386. The summed E-state index contributed by atoms with van der Waals surface area (Å²) >= 11 is 1.94. The van der Waals surface area contributed by atoms with Crippen LogP contribution < -0.4 is 10.2 Å². The summed E-state index contributed by atoms with van der Waals surface area (Å²) in [6.45, 7) is 0.248. The van der Waals surface area contributed by atoms with E-state index in [1.807, 2.05) is 53.7 Å². The summed E-state index contributed by atoms with van der Waals surface area (Å²) in [7, 11) is 5.15. The molecule has 0 aliphatic carbocycles. The Morgan fingerprint density at radius 1 is 1.42 bits per heavy atom. The number of nitrogens with one attached hydrogen (secondary N) is 1. The maximum Gasteiger partial charge on any atom is 0.320 e. The molecular formula is C13H17IN2O3. The lowest BCUT2D eigenvalue weighted by molar-refractivity contribution is -0.139. The van der Waals surface area contributed by atoms with E-state index in [-0.39, 0.29) is 22.3 Å². The Hall–Kier alpha value is -1.31. The average molecular weight is 376 g/mol. The third-order valence-electron chi connectivity index (χ3n) is 2.52. The molecule has 1 aromatic rings. The second-order valence-electron chi connectivity index (χ2n) is 4.15. The Labute approximate surface area is 126 Å². The van der Waals surface area contributed by atoms with Crippen LogP contribution in [0.4, 0.5) is 5.69 Å². The van der Waals surface area contributed by atoms with Gasteiger partial charge in [-0.25, -0.2) is 0 Å². The smallest absolute Gasteiger partial charge is 0.320 e. The van der Waals surface area contributed by atoms with Crippen molar-refractivity contribution in [2.45, 2.75) is 3.92 Å². The molecule has 0 spiro atoms. The van der Waals surface area contributed by atoms with Crippen LogP contribution in [0.25, 0.3) is 0 Å². The third-order valence-corrected chi connectivity index (χ3v) is 3.47. The summed E-state index contributed by atoms with van der Waals surface area (Å²) < 4.78 is 4.21. The molecule has 104 valence electrons. The first-order valence-electron chi connectivity index (χ1n) is 5.73. The van der Waals surface area contributed by atoms with Gasteiger partial charge < -0.3 is 15.0 Å². The predicted molar refractivity (Wildman–Crippen MR) is 82.9 cm³/mol. The number of carbonyl (C=O) groups is 2. The molecule has 0 bridgehead atoms. The largest absolute Gasteiger partial charge is 0.468 e. The number of ether oxygens (including phenoxy) is 1. The standard InChI is InChI=1S/C13H17IN2O3/c1-16(2)10-6-4-5-9(7-10)12(17)15-8-11(14)13(18)19-3/h4-7,11H,8H2,1-3H3,(H,15,17). The first-order chi connectivity index (χ1) is 8.95. The minimum Gasteiger partial charge on any atom is -0.468 e. The second kappa shape index (κ2) is 7.32. The van der Waals surface area contributed by atoms with Crippen molar-refractivity contribution in [2.24, 2.45) is 0 Å². The van der Waals surface area contributed by atoms with Gasteiger partial charge in [0.25, 0.3) is 5.91 Å². The molecule has 19 heavy (non-hydrogen) atoms. The van der Waals surface area contributed by atoms with Crippen molar-refractivity contribution in [3.8, 4) is 0 Å². The first-order valence-corrected chi connectivity index (χ1v) is 6.97. The summed E-state index contributed by atoms with van der Waals surface area (Å²) in [5, 5.41) is 2.71. The number of anilines is 1. The number of amides is 1. The van der Waals surface area contributed by atoms with E-state index in [1.165, 1.54) is 7.11 Å². The van der Waals surface area contributed by atoms with Crippen molar-refractivity contribution in [2.75, 3.05) is 32.6 Å². The number of alkyl halides is 1. The van der Waals surface area contributed by atoms with Crippen molar-refractivity contribution >= 4 is 40.2 Å².